The third-order valence-corrected chi connectivity index (χ3v) is 3.10. The third kappa shape index (κ3) is 1.78. The van der Waals surface area contributed by atoms with Crippen molar-refractivity contribution in [3.8, 4) is 0 Å². The summed E-state index contributed by atoms with van der Waals surface area (Å²) in [6.07, 6.45) is 1.72. The van der Waals surface area contributed by atoms with Gasteiger partial charge in [-0.1, -0.05) is 6.07 Å². The molecular weight excluding hydrogens is 236 g/mol. The highest BCUT2D eigenvalue weighted by Gasteiger charge is 2.27. The second-order valence-electron chi connectivity index (χ2n) is 4.47. The van der Waals surface area contributed by atoms with Gasteiger partial charge in [-0.2, -0.15) is 4.98 Å². The molecular formula is C11H12N4O3. The van der Waals surface area contributed by atoms with Crippen molar-refractivity contribution in [1.82, 2.24) is 4.98 Å². The molecule has 94 valence electrons. The van der Waals surface area contributed by atoms with Crippen LogP contribution in [0.1, 0.15) is 12.8 Å². The van der Waals surface area contributed by atoms with E-state index in [1.54, 1.807) is 12.1 Å². The number of benzene rings is 1. The van der Waals surface area contributed by atoms with Crippen LogP contribution in [0.4, 0.5) is 11.7 Å². The number of hydrogen-bond donors (Lipinski definition) is 2. The Labute approximate surface area is 102 Å². The molecule has 1 aromatic carbocycles. The second-order valence-corrected chi connectivity index (χ2v) is 4.47. The minimum atomic E-state index is -0.464. The first-order valence-corrected chi connectivity index (χ1v) is 5.69. The van der Waals surface area contributed by atoms with Crippen LogP contribution in [0.5, 0.6) is 0 Å². The minimum Gasteiger partial charge on any atom is -0.423 e. The van der Waals surface area contributed by atoms with Gasteiger partial charge >= 0.3 is 0 Å². The number of non-ortho nitro benzene ring substituents is 1. The normalized spacial score (nSPS) is 22.7. The van der Waals surface area contributed by atoms with Crippen molar-refractivity contribution in [3.63, 3.8) is 0 Å². The van der Waals surface area contributed by atoms with Crippen molar-refractivity contribution in [2.24, 2.45) is 5.73 Å². The van der Waals surface area contributed by atoms with E-state index in [-0.39, 0.29) is 23.3 Å². The van der Waals surface area contributed by atoms with Crippen LogP contribution in [-0.2, 0) is 0 Å². The molecule has 0 unspecified atom stereocenters. The largest absolute Gasteiger partial charge is 0.423 e. The molecule has 0 saturated heterocycles. The molecule has 3 N–H and O–H groups in total. The van der Waals surface area contributed by atoms with E-state index in [0.717, 1.165) is 12.8 Å². The number of nitro groups is 1. The fraction of sp³-hybridized carbons (Fsp3) is 0.364. The molecule has 1 aliphatic carbocycles. The van der Waals surface area contributed by atoms with E-state index in [9.17, 15) is 10.1 Å². The molecule has 1 aromatic heterocycles. The van der Waals surface area contributed by atoms with Crippen molar-refractivity contribution in [2.75, 3.05) is 5.32 Å². The molecule has 0 bridgehead atoms. The average Bonchev–Trinajstić information content (AvgIpc) is 2.68. The van der Waals surface area contributed by atoms with Crippen LogP contribution in [0.15, 0.2) is 22.6 Å². The van der Waals surface area contributed by atoms with E-state index in [1.165, 1.54) is 6.07 Å². The number of oxazole rings is 1. The number of anilines is 1. The Hall–Kier alpha value is -2.15. The zero-order chi connectivity index (χ0) is 12.7. The fourth-order valence-electron chi connectivity index (χ4n) is 2.10. The fourth-order valence-corrected chi connectivity index (χ4v) is 2.10. The van der Waals surface area contributed by atoms with Crippen LogP contribution in [0.3, 0.4) is 0 Å². The van der Waals surface area contributed by atoms with E-state index in [4.69, 9.17) is 10.2 Å². The van der Waals surface area contributed by atoms with E-state index < -0.39 is 4.92 Å². The molecule has 1 aliphatic rings. The van der Waals surface area contributed by atoms with Crippen LogP contribution < -0.4 is 11.1 Å². The Balaban J connectivity index is 1.91. The Kier molecular flexibility index (Phi) is 2.41. The van der Waals surface area contributed by atoms with Crippen molar-refractivity contribution in [2.45, 2.75) is 24.9 Å². The number of nitrogens with zero attached hydrogens (tertiary/aromatic N) is 2. The third-order valence-electron chi connectivity index (χ3n) is 3.10. The lowest BCUT2D eigenvalue weighted by Gasteiger charge is -2.32. The van der Waals surface area contributed by atoms with E-state index >= 15 is 0 Å². The van der Waals surface area contributed by atoms with E-state index in [0.29, 0.717) is 11.6 Å². The summed E-state index contributed by atoms with van der Waals surface area (Å²) in [6.45, 7) is 0. The number of nitro benzene ring substituents is 1. The topological polar surface area (TPSA) is 107 Å². The lowest BCUT2D eigenvalue weighted by atomic mass is 9.88. The van der Waals surface area contributed by atoms with Crippen LogP contribution in [0.25, 0.3) is 11.1 Å². The smallest absolute Gasteiger partial charge is 0.298 e. The van der Waals surface area contributed by atoms with Crippen LogP contribution in [0.2, 0.25) is 0 Å². The zero-order valence-corrected chi connectivity index (χ0v) is 9.50. The standard InChI is InChI=1S/C11H12N4O3/c12-6-4-7(5-6)13-11-14-10-8(15(16)17)2-1-3-9(10)18-11/h1-3,6-7H,4-5,12H2,(H,13,14). The summed E-state index contributed by atoms with van der Waals surface area (Å²) in [5.41, 5.74) is 6.32. The molecule has 1 heterocycles. The van der Waals surface area contributed by atoms with Gasteiger partial charge < -0.3 is 15.5 Å². The quantitative estimate of drug-likeness (QED) is 0.631. The number of rotatable bonds is 3. The highest BCUT2D eigenvalue weighted by molar-refractivity contribution is 5.84. The summed E-state index contributed by atoms with van der Waals surface area (Å²) in [4.78, 5) is 14.5. The molecule has 0 spiro atoms. The van der Waals surface area contributed by atoms with Gasteiger partial charge in [0.15, 0.2) is 11.1 Å². The second kappa shape index (κ2) is 3.95. The molecule has 0 amide bonds. The first kappa shape index (κ1) is 11.0. The van der Waals surface area contributed by atoms with Crippen LogP contribution in [0, 0.1) is 10.1 Å². The highest BCUT2D eigenvalue weighted by Crippen LogP contribution is 2.29. The minimum absolute atomic E-state index is 0.0467. The van der Waals surface area contributed by atoms with Crippen molar-refractivity contribution >= 4 is 22.8 Å². The van der Waals surface area contributed by atoms with Crippen LogP contribution >= 0.6 is 0 Å². The monoisotopic (exact) mass is 248 g/mol. The molecule has 2 aromatic rings. The van der Waals surface area contributed by atoms with E-state index in [1.807, 2.05) is 0 Å². The maximum atomic E-state index is 10.8. The Morgan fingerprint density at radius 2 is 2.28 bits per heavy atom. The van der Waals surface area contributed by atoms with Crippen molar-refractivity contribution in [1.29, 1.82) is 0 Å². The van der Waals surface area contributed by atoms with Crippen molar-refractivity contribution < 1.29 is 9.34 Å². The van der Waals surface area contributed by atoms with E-state index in [2.05, 4.69) is 10.3 Å². The van der Waals surface area contributed by atoms with Crippen LogP contribution in [-0.4, -0.2) is 22.0 Å². The predicted molar refractivity (Wildman–Crippen MR) is 65.3 cm³/mol. The molecule has 1 saturated carbocycles. The van der Waals surface area contributed by atoms with Gasteiger partial charge in [0.25, 0.3) is 11.7 Å². The number of nitrogens with two attached hydrogens (primary N) is 1. The molecule has 0 atom stereocenters. The summed E-state index contributed by atoms with van der Waals surface area (Å²) < 4.78 is 5.43. The molecule has 7 heteroatoms. The Bertz CT molecular complexity index is 603. The number of para-hydroxylation sites is 1. The number of nitrogens with one attached hydrogen (secondary N) is 1. The lowest BCUT2D eigenvalue weighted by Crippen LogP contribution is -2.44. The molecule has 0 aliphatic heterocycles. The number of aromatic nitrogens is 1. The van der Waals surface area contributed by atoms with Gasteiger partial charge in [0, 0.05) is 18.2 Å². The molecule has 0 radical (unpaired) electrons. The predicted octanol–water partition coefficient (Wildman–Crippen LogP) is 1.64. The SMILES string of the molecule is NC1CC(Nc2nc3c([N+](=O)[O-])cccc3o2)C1. The number of fused-ring (bicyclic) bond motifs is 1. The zero-order valence-electron chi connectivity index (χ0n) is 9.50. The summed E-state index contributed by atoms with van der Waals surface area (Å²) in [5, 5.41) is 13.9. The Morgan fingerprint density at radius 1 is 1.50 bits per heavy atom. The van der Waals surface area contributed by atoms with Gasteiger partial charge in [0.2, 0.25) is 0 Å². The van der Waals surface area contributed by atoms with Gasteiger partial charge in [-0.15, -0.1) is 0 Å². The number of hydrogen-bond acceptors (Lipinski definition) is 6. The van der Waals surface area contributed by atoms with Gasteiger partial charge in [0.05, 0.1) is 4.92 Å². The molecule has 18 heavy (non-hydrogen) atoms. The lowest BCUT2D eigenvalue weighted by molar-refractivity contribution is -0.383. The van der Waals surface area contributed by atoms with Gasteiger partial charge in [-0.25, -0.2) is 0 Å². The maximum Gasteiger partial charge on any atom is 0.298 e. The summed E-state index contributed by atoms with van der Waals surface area (Å²) in [7, 11) is 0. The van der Waals surface area contributed by atoms with Gasteiger partial charge in [-0.05, 0) is 18.9 Å². The maximum absolute atomic E-state index is 10.8. The molecule has 1 fully saturated rings. The summed E-state index contributed by atoms with van der Waals surface area (Å²) >= 11 is 0. The molecule has 7 nitrogen and oxygen atoms in total. The van der Waals surface area contributed by atoms with Crippen molar-refractivity contribution in [3.05, 3.63) is 28.3 Å². The first-order chi connectivity index (χ1) is 8.63. The summed E-state index contributed by atoms with van der Waals surface area (Å²) in [5.74, 6) is 0. The molecule has 3 rings (SSSR count). The first-order valence-electron chi connectivity index (χ1n) is 5.69. The van der Waals surface area contributed by atoms with Gasteiger partial charge in [0.1, 0.15) is 0 Å². The average molecular weight is 248 g/mol. The highest BCUT2D eigenvalue weighted by atomic mass is 16.6. The van der Waals surface area contributed by atoms with Gasteiger partial charge in [-0.3, -0.25) is 10.1 Å². The summed E-state index contributed by atoms with van der Waals surface area (Å²) in [6, 6.07) is 5.43. The Morgan fingerprint density at radius 3 is 2.94 bits per heavy atom.